The fourth-order valence-corrected chi connectivity index (χ4v) is 1.68. The second kappa shape index (κ2) is 3.78. The Morgan fingerprint density at radius 3 is 2.42 bits per heavy atom. The van der Waals surface area contributed by atoms with Crippen molar-refractivity contribution in [3.63, 3.8) is 0 Å². The van der Waals surface area contributed by atoms with Crippen LogP contribution in [0.15, 0.2) is 0 Å². The number of nitrogens with one attached hydrogen (secondary N) is 1. The van der Waals surface area contributed by atoms with Gasteiger partial charge in [0.25, 0.3) is 0 Å². The number of alkyl carbamates (subject to hydrolysis) is 1. The van der Waals surface area contributed by atoms with Gasteiger partial charge in [-0.15, -0.1) is 0 Å². The van der Waals surface area contributed by atoms with Crippen LogP contribution >= 0.6 is 0 Å². The lowest BCUT2D eigenvalue weighted by Crippen LogP contribution is -2.37. The molecular formula is C9H17NO2. The maximum Gasteiger partial charge on any atom is 0.407 e. The van der Waals surface area contributed by atoms with Gasteiger partial charge in [-0.1, -0.05) is 6.42 Å². The zero-order valence-electron chi connectivity index (χ0n) is 7.85. The van der Waals surface area contributed by atoms with Crippen molar-refractivity contribution in [2.75, 3.05) is 7.05 Å². The van der Waals surface area contributed by atoms with Crippen LogP contribution in [-0.4, -0.2) is 18.7 Å². The molecule has 1 aliphatic carbocycles. The van der Waals surface area contributed by atoms with Gasteiger partial charge in [0.1, 0.15) is 5.60 Å². The minimum Gasteiger partial charge on any atom is -0.443 e. The van der Waals surface area contributed by atoms with Crippen LogP contribution in [0.5, 0.6) is 0 Å². The minimum absolute atomic E-state index is 0.210. The van der Waals surface area contributed by atoms with Crippen LogP contribution in [0.4, 0.5) is 4.79 Å². The summed E-state index contributed by atoms with van der Waals surface area (Å²) in [4.78, 5) is 11.0. The molecule has 1 fully saturated rings. The lowest BCUT2D eigenvalue weighted by atomic mass is 9.86. The largest absolute Gasteiger partial charge is 0.443 e. The van der Waals surface area contributed by atoms with Gasteiger partial charge in [0.15, 0.2) is 0 Å². The standard InChI is InChI=1S/C9H17NO2/c1-9(12-8(11)10-2)6-4-3-5-7-9/h3-7H2,1-2H3,(H,10,11). The van der Waals surface area contributed by atoms with E-state index < -0.39 is 0 Å². The summed E-state index contributed by atoms with van der Waals surface area (Å²) in [5.41, 5.74) is -0.210. The number of rotatable bonds is 1. The van der Waals surface area contributed by atoms with Crippen LogP contribution in [0.2, 0.25) is 0 Å². The molecule has 0 spiro atoms. The summed E-state index contributed by atoms with van der Waals surface area (Å²) in [6, 6.07) is 0. The van der Waals surface area contributed by atoms with Crippen LogP contribution in [0.25, 0.3) is 0 Å². The normalized spacial score (nSPS) is 21.5. The lowest BCUT2D eigenvalue weighted by Gasteiger charge is -2.32. The number of amides is 1. The first kappa shape index (κ1) is 9.36. The van der Waals surface area contributed by atoms with Gasteiger partial charge in [0.2, 0.25) is 0 Å². The Morgan fingerprint density at radius 1 is 1.33 bits per heavy atom. The van der Waals surface area contributed by atoms with Gasteiger partial charge in [-0.25, -0.2) is 4.79 Å². The molecule has 12 heavy (non-hydrogen) atoms. The van der Waals surface area contributed by atoms with Gasteiger partial charge in [-0.2, -0.15) is 0 Å². The molecule has 1 rings (SSSR count). The molecule has 0 saturated heterocycles. The van der Waals surface area contributed by atoms with Crippen molar-refractivity contribution in [3.05, 3.63) is 0 Å². The topological polar surface area (TPSA) is 38.3 Å². The van der Waals surface area contributed by atoms with E-state index >= 15 is 0 Å². The van der Waals surface area contributed by atoms with Crippen molar-refractivity contribution in [3.8, 4) is 0 Å². The minimum atomic E-state index is -0.306. The Balaban J connectivity index is 2.41. The first-order chi connectivity index (χ1) is 5.66. The molecule has 0 heterocycles. The van der Waals surface area contributed by atoms with Crippen LogP contribution in [0.3, 0.4) is 0 Å². The van der Waals surface area contributed by atoms with E-state index in [0.29, 0.717) is 0 Å². The van der Waals surface area contributed by atoms with Crippen LogP contribution in [0.1, 0.15) is 39.0 Å². The highest BCUT2D eigenvalue weighted by atomic mass is 16.6. The van der Waals surface area contributed by atoms with Gasteiger partial charge in [0.05, 0.1) is 0 Å². The number of ether oxygens (including phenoxy) is 1. The smallest absolute Gasteiger partial charge is 0.407 e. The fourth-order valence-electron chi connectivity index (χ4n) is 1.68. The van der Waals surface area contributed by atoms with Gasteiger partial charge >= 0.3 is 6.09 Å². The van der Waals surface area contributed by atoms with Crippen molar-refractivity contribution in [1.29, 1.82) is 0 Å². The third-order valence-corrected chi connectivity index (χ3v) is 2.45. The molecule has 0 aliphatic heterocycles. The Kier molecular flexibility index (Phi) is 2.95. The average Bonchev–Trinajstić information content (AvgIpc) is 2.05. The number of hydrogen-bond acceptors (Lipinski definition) is 2. The van der Waals surface area contributed by atoms with E-state index in [1.165, 1.54) is 19.3 Å². The van der Waals surface area contributed by atoms with Crippen molar-refractivity contribution in [2.24, 2.45) is 0 Å². The van der Waals surface area contributed by atoms with E-state index in [0.717, 1.165) is 12.8 Å². The molecule has 0 unspecified atom stereocenters. The third-order valence-electron chi connectivity index (χ3n) is 2.45. The Bertz CT molecular complexity index is 162. The van der Waals surface area contributed by atoms with Crippen LogP contribution in [0, 0.1) is 0 Å². The van der Waals surface area contributed by atoms with Gasteiger partial charge in [-0.05, 0) is 32.6 Å². The number of carbonyl (C=O) groups excluding carboxylic acids is 1. The highest BCUT2D eigenvalue weighted by Gasteiger charge is 2.30. The summed E-state index contributed by atoms with van der Waals surface area (Å²) in [5.74, 6) is 0. The first-order valence-electron chi connectivity index (χ1n) is 4.57. The highest BCUT2D eigenvalue weighted by Crippen LogP contribution is 2.30. The summed E-state index contributed by atoms with van der Waals surface area (Å²) in [6.07, 6.45) is 5.31. The molecule has 1 amide bonds. The van der Waals surface area contributed by atoms with E-state index in [-0.39, 0.29) is 11.7 Å². The molecule has 0 aromatic rings. The maximum atomic E-state index is 11.0. The summed E-state index contributed by atoms with van der Waals surface area (Å²) in [7, 11) is 1.59. The van der Waals surface area contributed by atoms with E-state index in [1.54, 1.807) is 7.05 Å². The Hall–Kier alpha value is -0.730. The molecule has 0 aromatic heterocycles. The fraction of sp³-hybridized carbons (Fsp3) is 0.889. The Morgan fingerprint density at radius 2 is 1.92 bits per heavy atom. The molecule has 3 heteroatoms. The van der Waals surface area contributed by atoms with E-state index in [1.807, 2.05) is 6.92 Å². The predicted octanol–water partition coefficient (Wildman–Crippen LogP) is 2.07. The maximum absolute atomic E-state index is 11.0. The van der Waals surface area contributed by atoms with E-state index in [9.17, 15) is 4.79 Å². The zero-order chi connectivity index (χ0) is 9.03. The second-order valence-electron chi connectivity index (χ2n) is 3.65. The lowest BCUT2D eigenvalue weighted by molar-refractivity contribution is -0.00105. The molecule has 3 nitrogen and oxygen atoms in total. The molecular weight excluding hydrogens is 154 g/mol. The van der Waals surface area contributed by atoms with Crippen molar-refractivity contribution >= 4 is 6.09 Å². The monoisotopic (exact) mass is 171 g/mol. The second-order valence-corrected chi connectivity index (χ2v) is 3.65. The molecule has 0 atom stereocenters. The SMILES string of the molecule is CNC(=O)OC1(C)CCCCC1. The van der Waals surface area contributed by atoms with Crippen molar-refractivity contribution in [1.82, 2.24) is 5.32 Å². The van der Waals surface area contributed by atoms with Crippen molar-refractivity contribution in [2.45, 2.75) is 44.6 Å². The first-order valence-corrected chi connectivity index (χ1v) is 4.57. The Labute approximate surface area is 73.5 Å². The number of hydrogen-bond donors (Lipinski definition) is 1. The average molecular weight is 171 g/mol. The van der Waals surface area contributed by atoms with Gasteiger partial charge < -0.3 is 10.1 Å². The summed E-state index contributed by atoms with van der Waals surface area (Å²) >= 11 is 0. The highest BCUT2D eigenvalue weighted by molar-refractivity contribution is 5.67. The van der Waals surface area contributed by atoms with E-state index in [2.05, 4.69) is 5.32 Å². The third kappa shape index (κ3) is 2.40. The summed E-state index contributed by atoms with van der Waals surface area (Å²) < 4.78 is 5.28. The molecule has 0 radical (unpaired) electrons. The quantitative estimate of drug-likeness (QED) is 0.655. The summed E-state index contributed by atoms with van der Waals surface area (Å²) in [5, 5.41) is 2.48. The molecule has 70 valence electrons. The molecule has 0 bridgehead atoms. The molecule has 0 aromatic carbocycles. The summed E-state index contributed by atoms with van der Waals surface area (Å²) in [6.45, 7) is 2.02. The molecule has 1 N–H and O–H groups in total. The molecule has 1 aliphatic rings. The van der Waals surface area contributed by atoms with E-state index in [4.69, 9.17) is 4.74 Å². The van der Waals surface area contributed by atoms with Gasteiger partial charge in [-0.3, -0.25) is 0 Å². The van der Waals surface area contributed by atoms with Crippen LogP contribution in [-0.2, 0) is 4.74 Å². The van der Waals surface area contributed by atoms with Crippen molar-refractivity contribution < 1.29 is 9.53 Å². The van der Waals surface area contributed by atoms with Gasteiger partial charge in [0, 0.05) is 7.05 Å². The number of carbonyl (C=O) groups is 1. The molecule has 1 saturated carbocycles. The van der Waals surface area contributed by atoms with Crippen LogP contribution < -0.4 is 5.32 Å². The predicted molar refractivity (Wildman–Crippen MR) is 47.0 cm³/mol. The zero-order valence-corrected chi connectivity index (χ0v) is 7.85.